The van der Waals surface area contributed by atoms with Crippen LogP contribution in [0.3, 0.4) is 0 Å². The van der Waals surface area contributed by atoms with Crippen molar-refractivity contribution in [3.63, 3.8) is 0 Å². The zero-order valence-electron chi connectivity index (χ0n) is 8.92. The van der Waals surface area contributed by atoms with E-state index in [0.29, 0.717) is 5.88 Å². The Labute approximate surface area is 91.2 Å². The fraction of sp³-hybridized carbons (Fsp3) is 0.636. The SMILES string of the molecule is C=C(C)C(CC/C(=C/CO)CCl)OC. The normalized spacial score (nSPS) is 14.1. The van der Waals surface area contributed by atoms with Gasteiger partial charge < -0.3 is 9.84 Å². The average molecular weight is 219 g/mol. The Morgan fingerprint density at radius 3 is 2.64 bits per heavy atom. The van der Waals surface area contributed by atoms with Crippen LogP contribution in [0, 0.1) is 0 Å². The Morgan fingerprint density at radius 2 is 2.29 bits per heavy atom. The number of rotatable bonds is 7. The quantitative estimate of drug-likeness (QED) is 0.526. The molecule has 0 fully saturated rings. The lowest BCUT2D eigenvalue weighted by Gasteiger charge is -2.15. The van der Waals surface area contributed by atoms with Gasteiger partial charge in [-0.25, -0.2) is 0 Å². The van der Waals surface area contributed by atoms with Crippen LogP contribution in [0.5, 0.6) is 0 Å². The van der Waals surface area contributed by atoms with Crippen LogP contribution in [0.4, 0.5) is 0 Å². The zero-order chi connectivity index (χ0) is 11.0. The first-order chi connectivity index (χ1) is 6.65. The van der Waals surface area contributed by atoms with E-state index in [4.69, 9.17) is 21.4 Å². The minimum atomic E-state index is 0.0484. The van der Waals surface area contributed by atoms with Gasteiger partial charge in [0.2, 0.25) is 0 Å². The minimum absolute atomic E-state index is 0.0484. The lowest BCUT2D eigenvalue weighted by atomic mass is 10.0. The lowest BCUT2D eigenvalue weighted by Crippen LogP contribution is -2.11. The van der Waals surface area contributed by atoms with Crippen molar-refractivity contribution >= 4 is 11.6 Å². The van der Waals surface area contributed by atoms with Crippen molar-refractivity contribution in [1.29, 1.82) is 0 Å². The molecule has 0 spiro atoms. The summed E-state index contributed by atoms with van der Waals surface area (Å²) in [7, 11) is 1.68. The first-order valence-corrected chi connectivity index (χ1v) is 5.22. The van der Waals surface area contributed by atoms with Crippen LogP contribution in [0.25, 0.3) is 0 Å². The van der Waals surface area contributed by atoms with Crippen LogP contribution in [-0.2, 0) is 4.74 Å². The van der Waals surface area contributed by atoms with Gasteiger partial charge >= 0.3 is 0 Å². The van der Waals surface area contributed by atoms with E-state index in [1.165, 1.54) is 0 Å². The third kappa shape index (κ3) is 5.43. The van der Waals surface area contributed by atoms with Crippen molar-refractivity contribution in [3.8, 4) is 0 Å². The summed E-state index contributed by atoms with van der Waals surface area (Å²) in [5, 5.41) is 8.72. The third-order valence-electron chi connectivity index (χ3n) is 2.11. The number of hydrogen-bond acceptors (Lipinski definition) is 2. The van der Waals surface area contributed by atoms with Crippen LogP contribution >= 0.6 is 11.6 Å². The van der Waals surface area contributed by atoms with Crippen molar-refractivity contribution in [2.75, 3.05) is 19.6 Å². The number of methoxy groups -OCH3 is 1. The maximum Gasteiger partial charge on any atom is 0.0779 e. The van der Waals surface area contributed by atoms with Gasteiger partial charge in [-0.1, -0.05) is 23.8 Å². The molecule has 0 amide bonds. The zero-order valence-corrected chi connectivity index (χ0v) is 9.68. The molecule has 1 unspecified atom stereocenters. The highest BCUT2D eigenvalue weighted by atomic mass is 35.5. The molecule has 0 aromatic carbocycles. The van der Waals surface area contributed by atoms with E-state index in [9.17, 15) is 0 Å². The Bertz CT molecular complexity index is 199. The molecule has 3 heteroatoms. The largest absolute Gasteiger partial charge is 0.392 e. The van der Waals surface area contributed by atoms with Gasteiger partial charge in [0.1, 0.15) is 0 Å². The van der Waals surface area contributed by atoms with E-state index in [-0.39, 0.29) is 12.7 Å². The molecule has 0 rings (SSSR count). The molecule has 0 aliphatic rings. The van der Waals surface area contributed by atoms with Gasteiger partial charge in [-0.05, 0) is 19.8 Å². The maximum absolute atomic E-state index is 8.72. The van der Waals surface area contributed by atoms with E-state index in [2.05, 4.69) is 6.58 Å². The third-order valence-corrected chi connectivity index (χ3v) is 2.46. The Hall–Kier alpha value is -0.310. The summed E-state index contributed by atoms with van der Waals surface area (Å²) in [5.74, 6) is 0.465. The molecule has 14 heavy (non-hydrogen) atoms. The summed E-state index contributed by atoms with van der Waals surface area (Å²) in [4.78, 5) is 0. The van der Waals surface area contributed by atoms with Gasteiger partial charge in [0.05, 0.1) is 12.7 Å². The number of alkyl halides is 1. The van der Waals surface area contributed by atoms with E-state index < -0.39 is 0 Å². The van der Waals surface area contributed by atoms with Crippen LogP contribution in [-0.4, -0.2) is 30.8 Å². The van der Waals surface area contributed by atoms with Crippen molar-refractivity contribution in [1.82, 2.24) is 0 Å². The Kier molecular flexibility index (Phi) is 7.86. The van der Waals surface area contributed by atoms with E-state index in [1.54, 1.807) is 13.2 Å². The highest BCUT2D eigenvalue weighted by molar-refractivity contribution is 6.19. The predicted molar refractivity (Wildman–Crippen MR) is 60.7 cm³/mol. The fourth-order valence-corrected chi connectivity index (χ4v) is 1.48. The molecular weight excluding hydrogens is 200 g/mol. The molecule has 1 atom stereocenters. The molecule has 0 aromatic rings. The number of aliphatic hydroxyl groups excluding tert-OH is 1. The highest BCUT2D eigenvalue weighted by Gasteiger charge is 2.08. The van der Waals surface area contributed by atoms with Gasteiger partial charge in [-0.2, -0.15) is 0 Å². The minimum Gasteiger partial charge on any atom is -0.392 e. The molecule has 0 heterocycles. The first-order valence-electron chi connectivity index (χ1n) is 4.68. The van der Waals surface area contributed by atoms with E-state index in [0.717, 1.165) is 24.0 Å². The summed E-state index contributed by atoms with van der Waals surface area (Å²) >= 11 is 5.71. The van der Waals surface area contributed by atoms with Crippen molar-refractivity contribution < 1.29 is 9.84 Å². The van der Waals surface area contributed by atoms with Crippen LogP contribution in [0.15, 0.2) is 23.8 Å². The number of ether oxygens (including phenoxy) is 1. The molecule has 1 N–H and O–H groups in total. The average Bonchev–Trinajstić information content (AvgIpc) is 2.16. The lowest BCUT2D eigenvalue weighted by molar-refractivity contribution is 0.125. The summed E-state index contributed by atoms with van der Waals surface area (Å²) in [5.41, 5.74) is 2.07. The number of hydrogen-bond donors (Lipinski definition) is 1. The molecule has 2 nitrogen and oxygen atoms in total. The fourth-order valence-electron chi connectivity index (χ4n) is 1.23. The molecule has 0 saturated carbocycles. The Morgan fingerprint density at radius 1 is 1.64 bits per heavy atom. The van der Waals surface area contributed by atoms with Crippen LogP contribution in [0.2, 0.25) is 0 Å². The molecule has 82 valence electrons. The highest BCUT2D eigenvalue weighted by Crippen LogP contribution is 2.15. The van der Waals surface area contributed by atoms with Gasteiger partial charge in [0.25, 0.3) is 0 Å². The molecule has 0 aromatic heterocycles. The summed E-state index contributed by atoms with van der Waals surface area (Å²) < 4.78 is 5.25. The predicted octanol–water partition coefficient (Wildman–Crippen LogP) is 2.52. The smallest absolute Gasteiger partial charge is 0.0779 e. The monoisotopic (exact) mass is 218 g/mol. The van der Waals surface area contributed by atoms with Crippen molar-refractivity contribution in [2.45, 2.75) is 25.9 Å². The topological polar surface area (TPSA) is 29.5 Å². The van der Waals surface area contributed by atoms with E-state index in [1.807, 2.05) is 6.92 Å². The molecule has 0 aliphatic carbocycles. The summed E-state index contributed by atoms with van der Waals surface area (Å²) in [6.07, 6.45) is 3.54. The summed E-state index contributed by atoms with van der Waals surface area (Å²) in [6.45, 7) is 5.85. The van der Waals surface area contributed by atoms with Gasteiger partial charge in [-0.15, -0.1) is 11.6 Å². The van der Waals surface area contributed by atoms with Crippen LogP contribution < -0.4 is 0 Å². The second kappa shape index (κ2) is 8.04. The second-order valence-corrected chi connectivity index (χ2v) is 3.56. The molecular formula is C11H19ClO2. The maximum atomic E-state index is 8.72. The van der Waals surface area contributed by atoms with Crippen molar-refractivity contribution in [3.05, 3.63) is 23.8 Å². The number of aliphatic hydroxyl groups is 1. The molecule has 0 aliphatic heterocycles. The summed E-state index contributed by atoms with van der Waals surface area (Å²) in [6, 6.07) is 0. The standard InChI is InChI=1S/C11H19ClO2/c1-9(2)11(14-3)5-4-10(8-12)6-7-13/h6,11,13H,1,4-5,7-8H2,2-3H3/b10-6-. The first kappa shape index (κ1) is 13.7. The van der Waals surface area contributed by atoms with Gasteiger partial charge in [0, 0.05) is 13.0 Å². The molecule has 0 saturated heterocycles. The second-order valence-electron chi connectivity index (χ2n) is 3.29. The molecule has 0 bridgehead atoms. The molecule has 0 radical (unpaired) electrons. The number of allylic oxidation sites excluding steroid dienone is 1. The van der Waals surface area contributed by atoms with Gasteiger partial charge in [0.15, 0.2) is 0 Å². The van der Waals surface area contributed by atoms with Crippen molar-refractivity contribution in [2.24, 2.45) is 0 Å². The number of halogens is 1. The van der Waals surface area contributed by atoms with Gasteiger partial charge in [-0.3, -0.25) is 0 Å². The van der Waals surface area contributed by atoms with E-state index >= 15 is 0 Å². The van der Waals surface area contributed by atoms with Crippen LogP contribution in [0.1, 0.15) is 19.8 Å². The Balaban J connectivity index is 4.00.